The van der Waals surface area contributed by atoms with Crippen molar-refractivity contribution < 1.29 is 14.3 Å². The second-order valence-electron chi connectivity index (χ2n) is 5.95. The molecule has 150 valence electrons. The van der Waals surface area contributed by atoms with Gasteiger partial charge in [0.2, 0.25) is 0 Å². The van der Waals surface area contributed by atoms with Crippen molar-refractivity contribution in [2.75, 3.05) is 19.1 Å². The van der Waals surface area contributed by atoms with Crippen LogP contribution >= 0.6 is 35.1 Å². The van der Waals surface area contributed by atoms with Gasteiger partial charge in [-0.15, -0.1) is 0 Å². The summed E-state index contributed by atoms with van der Waals surface area (Å²) in [5.41, 5.74) is 2.36. The molecular formula is C19H22ClN3O3S2. The van der Waals surface area contributed by atoms with Gasteiger partial charge in [0.25, 0.3) is 5.91 Å². The molecule has 0 saturated carbocycles. The fraction of sp³-hybridized carbons (Fsp3) is 0.368. The van der Waals surface area contributed by atoms with Crippen LogP contribution in [-0.2, 0) is 15.3 Å². The lowest BCUT2D eigenvalue weighted by Crippen LogP contribution is -2.42. The van der Waals surface area contributed by atoms with E-state index in [0.717, 1.165) is 5.56 Å². The number of nitrogens with zero attached hydrogens (tertiary/aromatic N) is 2. The van der Waals surface area contributed by atoms with E-state index < -0.39 is 17.9 Å². The number of amides is 1. The molecule has 2 rings (SSSR count). The second-order valence-corrected chi connectivity index (χ2v) is 8.29. The van der Waals surface area contributed by atoms with Crippen molar-refractivity contribution in [3.8, 4) is 0 Å². The van der Waals surface area contributed by atoms with Crippen LogP contribution in [0.4, 0.5) is 0 Å². The van der Waals surface area contributed by atoms with E-state index in [9.17, 15) is 9.59 Å². The number of aromatic nitrogens is 2. The lowest BCUT2D eigenvalue weighted by molar-refractivity contribution is -0.142. The van der Waals surface area contributed by atoms with E-state index in [1.54, 1.807) is 11.8 Å². The Morgan fingerprint density at radius 3 is 2.64 bits per heavy atom. The third-order valence-electron chi connectivity index (χ3n) is 3.83. The number of ether oxygens (including phenoxy) is 1. The molecule has 0 bridgehead atoms. The molecule has 1 atom stereocenters. The molecule has 0 spiro atoms. The summed E-state index contributed by atoms with van der Waals surface area (Å²) in [6.45, 7) is 2.03. The fourth-order valence-electron chi connectivity index (χ4n) is 2.27. The molecule has 0 saturated heterocycles. The van der Waals surface area contributed by atoms with Gasteiger partial charge < -0.3 is 10.1 Å². The fourth-order valence-corrected chi connectivity index (χ4v) is 3.68. The Kier molecular flexibility index (Phi) is 9.08. The number of rotatable bonds is 9. The maximum Gasteiger partial charge on any atom is 0.328 e. The number of hydrogen-bond acceptors (Lipinski definition) is 7. The molecule has 28 heavy (non-hydrogen) atoms. The molecule has 0 radical (unpaired) electrons. The van der Waals surface area contributed by atoms with E-state index in [0.29, 0.717) is 23.1 Å². The van der Waals surface area contributed by atoms with Gasteiger partial charge >= 0.3 is 5.97 Å². The first kappa shape index (κ1) is 22.5. The van der Waals surface area contributed by atoms with Gasteiger partial charge in [-0.2, -0.15) is 11.8 Å². The molecule has 0 fully saturated rings. The molecule has 6 nitrogen and oxygen atoms in total. The molecule has 1 amide bonds. The normalized spacial score (nSPS) is 11.7. The molecule has 1 unspecified atom stereocenters. The summed E-state index contributed by atoms with van der Waals surface area (Å²) in [6, 6.07) is 7.41. The summed E-state index contributed by atoms with van der Waals surface area (Å²) in [7, 11) is 1.29. The SMILES string of the molecule is COC(=O)C(CCSC)NC(=O)c1nc(SCc2ccc(C)cc2)ncc1Cl. The number of carbonyl (C=O) groups excluding carboxylic acids is 2. The maximum atomic E-state index is 12.6. The highest BCUT2D eigenvalue weighted by Crippen LogP contribution is 2.22. The molecular weight excluding hydrogens is 418 g/mol. The smallest absolute Gasteiger partial charge is 0.328 e. The molecule has 1 aromatic heterocycles. The first-order valence-corrected chi connectivity index (χ1v) is 11.3. The summed E-state index contributed by atoms with van der Waals surface area (Å²) in [5.74, 6) is 0.346. The van der Waals surface area contributed by atoms with Gasteiger partial charge in [-0.1, -0.05) is 53.2 Å². The summed E-state index contributed by atoms with van der Waals surface area (Å²) in [5, 5.41) is 3.23. The minimum absolute atomic E-state index is 0.0427. The number of halogens is 1. The van der Waals surface area contributed by atoms with Gasteiger partial charge in [-0.25, -0.2) is 14.8 Å². The minimum Gasteiger partial charge on any atom is -0.467 e. The van der Waals surface area contributed by atoms with Crippen LogP contribution in [0.1, 0.15) is 28.0 Å². The highest BCUT2D eigenvalue weighted by molar-refractivity contribution is 7.98. The minimum atomic E-state index is -0.750. The molecule has 0 aliphatic carbocycles. The average molecular weight is 440 g/mol. The number of hydrogen-bond donors (Lipinski definition) is 1. The molecule has 0 aliphatic heterocycles. The number of thioether (sulfide) groups is 2. The number of carbonyl (C=O) groups is 2. The summed E-state index contributed by atoms with van der Waals surface area (Å²) in [4.78, 5) is 33.0. The second kappa shape index (κ2) is 11.3. The zero-order valence-electron chi connectivity index (χ0n) is 15.9. The van der Waals surface area contributed by atoms with E-state index in [1.807, 2.05) is 37.4 Å². The zero-order chi connectivity index (χ0) is 20.5. The summed E-state index contributed by atoms with van der Waals surface area (Å²) < 4.78 is 4.76. The summed E-state index contributed by atoms with van der Waals surface area (Å²) in [6.07, 6.45) is 3.78. The van der Waals surface area contributed by atoms with Crippen molar-refractivity contribution in [1.29, 1.82) is 0 Å². The highest BCUT2D eigenvalue weighted by Gasteiger charge is 2.24. The molecule has 0 aliphatic rings. The Balaban J connectivity index is 2.08. The predicted molar refractivity (Wildman–Crippen MR) is 114 cm³/mol. The molecule has 2 aromatic rings. The van der Waals surface area contributed by atoms with Crippen molar-refractivity contribution >= 4 is 47.0 Å². The maximum absolute atomic E-state index is 12.6. The van der Waals surface area contributed by atoms with Gasteiger partial charge in [0.05, 0.1) is 18.3 Å². The lowest BCUT2D eigenvalue weighted by Gasteiger charge is -2.16. The van der Waals surface area contributed by atoms with Gasteiger partial charge in [-0.3, -0.25) is 4.79 Å². The van der Waals surface area contributed by atoms with Crippen molar-refractivity contribution in [1.82, 2.24) is 15.3 Å². The monoisotopic (exact) mass is 439 g/mol. The topological polar surface area (TPSA) is 81.2 Å². The Morgan fingerprint density at radius 1 is 1.29 bits per heavy atom. The van der Waals surface area contributed by atoms with E-state index in [1.165, 1.54) is 30.6 Å². The predicted octanol–water partition coefficient (Wildman–Crippen LogP) is 3.76. The summed E-state index contributed by atoms with van der Waals surface area (Å²) >= 11 is 9.10. The largest absolute Gasteiger partial charge is 0.467 e. The molecule has 1 heterocycles. The number of esters is 1. The quantitative estimate of drug-likeness (QED) is 0.362. The number of aryl methyl sites for hydroxylation is 1. The van der Waals surface area contributed by atoms with Crippen molar-refractivity contribution in [3.05, 3.63) is 52.3 Å². The Hall–Kier alpha value is -1.77. The van der Waals surface area contributed by atoms with Crippen LogP contribution < -0.4 is 5.32 Å². The van der Waals surface area contributed by atoms with Crippen LogP contribution in [-0.4, -0.2) is 47.0 Å². The van der Waals surface area contributed by atoms with Gasteiger partial charge in [0.1, 0.15) is 6.04 Å². The van der Waals surface area contributed by atoms with Gasteiger partial charge in [0.15, 0.2) is 10.9 Å². The zero-order valence-corrected chi connectivity index (χ0v) is 18.3. The van der Waals surface area contributed by atoms with Crippen LogP contribution in [0.5, 0.6) is 0 Å². The van der Waals surface area contributed by atoms with Crippen molar-refractivity contribution in [2.24, 2.45) is 0 Å². The van der Waals surface area contributed by atoms with Crippen LogP contribution in [0.2, 0.25) is 5.02 Å². The lowest BCUT2D eigenvalue weighted by atomic mass is 10.2. The number of methoxy groups -OCH3 is 1. The Labute approximate surface area is 178 Å². The van der Waals surface area contributed by atoms with Crippen molar-refractivity contribution in [2.45, 2.75) is 30.3 Å². The first-order valence-electron chi connectivity index (χ1n) is 8.53. The molecule has 9 heteroatoms. The van der Waals surface area contributed by atoms with Crippen LogP contribution in [0.3, 0.4) is 0 Å². The molecule has 1 aromatic carbocycles. The van der Waals surface area contributed by atoms with Gasteiger partial charge in [0, 0.05) is 5.75 Å². The molecule has 1 N–H and O–H groups in total. The third kappa shape index (κ3) is 6.68. The standard InChI is InChI=1S/C19H22ClN3O3S2/c1-12-4-6-13(7-5-12)11-28-19-21-10-14(20)16(23-19)17(24)22-15(8-9-27-3)18(25)26-2/h4-7,10,15H,8-9,11H2,1-3H3,(H,22,24). The third-order valence-corrected chi connectivity index (χ3v) is 5.68. The van der Waals surface area contributed by atoms with Gasteiger partial charge in [-0.05, 0) is 30.9 Å². The van der Waals surface area contributed by atoms with Crippen LogP contribution in [0, 0.1) is 6.92 Å². The van der Waals surface area contributed by atoms with E-state index in [-0.39, 0.29) is 10.7 Å². The Morgan fingerprint density at radius 2 is 2.00 bits per heavy atom. The van der Waals surface area contributed by atoms with Crippen LogP contribution in [0.15, 0.2) is 35.6 Å². The number of nitrogens with one attached hydrogen (secondary N) is 1. The number of benzene rings is 1. The Bertz CT molecular complexity index is 819. The average Bonchev–Trinajstić information content (AvgIpc) is 2.70. The van der Waals surface area contributed by atoms with E-state index in [2.05, 4.69) is 15.3 Å². The van der Waals surface area contributed by atoms with Crippen LogP contribution in [0.25, 0.3) is 0 Å². The van der Waals surface area contributed by atoms with E-state index in [4.69, 9.17) is 16.3 Å². The van der Waals surface area contributed by atoms with Crippen molar-refractivity contribution in [3.63, 3.8) is 0 Å². The van der Waals surface area contributed by atoms with E-state index >= 15 is 0 Å². The first-order chi connectivity index (χ1) is 13.4. The highest BCUT2D eigenvalue weighted by atomic mass is 35.5.